The summed E-state index contributed by atoms with van der Waals surface area (Å²) in [5.41, 5.74) is 2.97. The van der Waals surface area contributed by atoms with E-state index in [1.807, 2.05) is 43.3 Å². The number of rotatable bonds is 5. The van der Waals surface area contributed by atoms with Gasteiger partial charge >= 0.3 is 5.97 Å². The first-order valence-corrected chi connectivity index (χ1v) is 8.04. The van der Waals surface area contributed by atoms with Crippen molar-refractivity contribution >= 4 is 33.7 Å². The predicted octanol–water partition coefficient (Wildman–Crippen LogP) is 3.10. The Morgan fingerprint density at radius 1 is 1.12 bits per heavy atom. The van der Waals surface area contributed by atoms with Crippen LogP contribution in [-0.2, 0) is 14.3 Å². The third kappa shape index (κ3) is 3.11. The summed E-state index contributed by atoms with van der Waals surface area (Å²) in [5, 5.41) is 4.91. The van der Waals surface area contributed by atoms with Crippen LogP contribution in [0, 0.1) is 0 Å². The molecule has 0 aliphatic rings. The topological polar surface area (TPSA) is 71.2 Å². The average molecular weight is 324 g/mol. The fraction of sp³-hybridized carbons (Fsp3) is 0.263. The van der Waals surface area contributed by atoms with Gasteiger partial charge in [0.25, 0.3) is 0 Å². The summed E-state index contributed by atoms with van der Waals surface area (Å²) in [6.45, 7) is 3.76. The summed E-state index contributed by atoms with van der Waals surface area (Å²) < 4.78 is 4.81. The van der Waals surface area contributed by atoms with Crippen molar-refractivity contribution in [3.63, 3.8) is 0 Å². The Hall–Kier alpha value is -2.82. The van der Waals surface area contributed by atoms with E-state index in [1.54, 1.807) is 6.92 Å². The number of nitrogens with one attached hydrogen (secondary N) is 2. The van der Waals surface area contributed by atoms with Crippen molar-refractivity contribution in [3.8, 4) is 0 Å². The molecule has 0 aliphatic carbocycles. The van der Waals surface area contributed by atoms with E-state index in [4.69, 9.17) is 4.74 Å². The molecule has 1 atom stereocenters. The predicted molar refractivity (Wildman–Crippen MR) is 93.9 cm³/mol. The van der Waals surface area contributed by atoms with Crippen LogP contribution in [0.25, 0.3) is 21.8 Å². The lowest BCUT2D eigenvalue weighted by Gasteiger charge is -2.12. The van der Waals surface area contributed by atoms with Crippen molar-refractivity contribution in [2.24, 2.45) is 0 Å². The first kappa shape index (κ1) is 16.1. The van der Waals surface area contributed by atoms with Crippen LogP contribution >= 0.6 is 0 Å². The molecule has 0 aliphatic heterocycles. The SMILES string of the molecule is CCOC(=O)CNC(=O)C(C)c1ccc2c(c1)[nH]c1ccccc12. The van der Waals surface area contributed by atoms with Gasteiger partial charge in [0.15, 0.2) is 0 Å². The third-order valence-corrected chi connectivity index (χ3v) is 4.14. The molecule has 1 aromatic heterocycles. The number of H-pyrrole nitrogens is 1. The van der Waals surface area contributed by atoms with Gasteiger partial charge in [0.2, 0.25) is 5.91 Å². The number of aromatic amines is 1. The van der Waals surface area contributed by atoms with E-state index in [0.717, 1.165) is 22.0 Å². The smallest absolute Gasteiger partial charge is 0.325 e. The molecule has 1 heterocycles. The number of fused-ring (bicyclic) bond motifs is 3. The zero-order valence-electron chi connectivity index (χ0n) is 13.8. The van der Waals surface area contributed by atoms with E-state index in [0.29, 0.717) is 6.61 Å². The number of aromatic nitrogens is 1. The second kappa shape index (κ2) is 6.74. The molecule has 5 heteroatoms. The number of esters is 1. The minimum absolute atomic E-state index is 0.106. The van der Waals surface area contributed by atoms with Crippen LogP contribution in [-0.4, -0.2) is 30.0 Å². The summed E-state index contributed by atoms with van der Waals surface area (Å²) in [4.78, 5) is 26.9. The molecular formula is C19H20N2O3. The summed E-state index contributed by atoms with van der Waals surface area (Å²) in [5.74, 6) is -0.974. The highest BCUT2D eigenvalue weighted by molar-refractivity contribution is 6.07. The molecule has 0 fully saturated rings. The lowest BCUT2D eigenvalue weighted by Crippen LogP contribution is -2.33. The molecular weight excluding hydrogens is 304 g/mol. The molecule has 2 N–H and O–H groups in total. The quantitative estimate of drug-likeness (QED) is 0.708. The van der Waals surface area contributed by atoms with Crippen molar-refractivity contribution in [2.75, 3.05) is 13.2 Å². The molecule has 3 aromatic rings. The largest absolute Gasteiger partial charge is 0.465 e. The van der Waals surface area contributed by atoms with Crippen LogP contribution in [0.5, 0.6) is 0 Å². The Balaban J connectivity index is 1.79. The van der Waals surface area contributed by atoms with Gasteiger partial charge in [0.05, 0.1) is 12.5 Å². The Labute approximate surface area is 140 Å². The Kier molecular flexibility index (Phi) is 4.51. The van der Waals surface area contributed by atoms with E-state index in [9.17, 15) is 9.59 Å². The zero-order valence-corrected chi connectivity index (χ0v) is 13.8. The zero-order chi connectivity index (χ0) is 17.1. The number of benzene rings is 2. The van der Waals surface area contributed by atoms with Gasteiger partial charge in [-0.05, 0) is 31.5 Å². The van der Waals surface area contributed by atoms with Gasteiger partial charge in [-0.2, -0.15) is 0 Å². The van der Waals surface area contributed by atoms with Gasteiger partial charge in [0.1, 0.15) is 6.54 Å². The van der Waals surface area contributed by atoms with Crippen molar-refractivity contribution in [1.29, 1.82) is 0 Å². The lowest BCUT2D eigenvalue weighted by atomic mass is 9.98. The van der Waals surface area contributed by atoms with E-state index < -0.39 is 5.97 Å². The number of carbonyl (C=O) groups excluding carboxylic acids is 2. The molecule has 0 saturated heterocycles. The van der Waals surface area contributed by atoms with Crippen LogP contribution in [0.3, 0.4) is 0 Å². The molecule has 5 nitrogen and oxygen atoms in total. The highest BCUT2D eigenvalue weighted by Gasteiger charge is 2.17. The highest BCUT2D eigenvalue weighted by Crippen LogP contribution is 2.28. The van der Waals surface area contributed by atoms with Crippen LogP contribution in [0.1, 0.15) is 25.3 Å². The van der Waals surface area contributed by atoms with Crippen LogP contribution in [0.15, 0.2) is 42.5 Å². The molecule has 0 saturated carbocycles. The fourth-order valence-electron chi connectivity index (χ4n) is 2.82. The molecule has 0 radical (unpaired) electrons. The lowest BCUT2D eigenvalue weighted by molar-refractivity contribution is -0.143. The highest BCUT2D eigenvalue weighted by atomic mass is 16.5. The molecule has 1 unspecified atom stereocenters. The van der Waals surface area contributed by atoms with Gasteiger partial charge in [-0.3, -0.25) is 9.59 Å². The number of para-hydroxylation sites is 1. The van der Waals surface area contributed by atoms with Crippen molar-refractivity contribution in [3.05, 3.63) is 48.0 Å². The summed E-state index contributed by atoms with van der Waals surface area (Å²) in [6.07, 6.45) is 0. The van der Waals surface area contributed by atoms with E-state index in [-0.39, 0.29) is 18.4 Å². The third-order valence-electron chi connectivity index (χ3n) is 4.14. The maximum absolute atomic E-state index is 12.2. The fourth-order valence-corrected chi connectivity index (χ4v) is 2.82. The first-order chi connectivity index (χ1) is 11.6. The van der Waals surface area contributed by atoms with Crippen molar-refractivity contribution < 1.29 is 14.3 Å². The molecule has 2 aromatic carbocycles. The monoisotopic (exact) mass is 324 g/mol. The second-order valence-electron chi connectivity index (χ2n) is 5.72. The number of hydrogen-bond donors (Lipinski definition) is 2. The van der Waals surface area contributed by atoms with E-state index >= 15 is 0 Å². The number of hydrogen-bond acceptors (Lipinski definition) is 3. The molecule has 3 rings (SSSR count). The first-order valence-electron chi connectivity index (χ1n) is 8.04. The van der Waals surface area contributed by atoms with Crippen LogP contribution < -0.4 is 5.32 Å². The van der Waals surface area contributed by atoms with E-state index in [2.05, 4.69) is 16.4 Å². The van der Waals surface area contributed by atoms with Crippen molar-refractivity contribution in [2.45, 2.75) is 19.8 Å². The maximum Gasteiger partial charge on any atom is 0.325 e. The van der Waals surface area contributed by atoms with Crippen molar-refractivity contribution in [1.82, 2.24) is 10.3 Å². The van der Waals surface area contributed by atoms with Gasteiger partial charge in [-0.15, -0.1) is 0 Å². The molecule has 1 amide bonds. The number of ether oxygens (including phenoxy) is 1. The number of amides is 1. The number of carbonyl (C=O) groups is 2. The van der Waals surface area contributed by atoms with Gasteiger partial charge in [0, 0.05) is 21.8 Å². The molecule has 0 bridgehead atoms. The summed E-state index contributed by atoms with van der Waals surface area (Å²) in [7, 11) is 0. The second-order valence-corrected chi connectivity index (χ2v) is 5.72. The minimum Gasteiger partial charge on any atom is -0.465 e. The Morgan fingerprint density at radius 3 is 2.67 bits per heavy atom. The Morgan fingerprint density at radius 2 is 1.88 bits per heavy atom. The van der Waals surface area contributed by atoms with E-state index in [1.165, 1.54) is 5.39 Å². The van der Waals surface area contributed by atoms with Crippen LogP contribution in [0.2, 0.25) is 0 Å². The van der Waals surface area contributed by atoms with Gasteiger partial charge < -0.3 is 15.0 Å². The maximum atomic E-state index is 12.2. The molecule has 24 heavy (non-hydrogen) atoms. The van der Waals surface area contributed by atoms with Gasteiger partial charge in [-0.1, -0.05) is 30.3 Å². The van der Waals surface area contributed by atoms with Crippen LogP contribution in [0.4, 0.5) is 0 Å². The summed E-state index contributed by atoms with van der Waals surface area (Å²) in [6, 6.07) is 14.1. The Bertz CT molecular complexity index is 898. The molecule has 124 valence electrons. The average Bonchev–Trinajstić information content (AvgIpc) is 2.97. The standard InChI is InChI=1S/C19H20N2O3/c1-3-24-18(22)11-20-19(23)12(2)13-8-9-15-14-6-4-5-7-16(14)21-17(15)10-13/h4-10,12,21H,3,11H2,1-2H3,(H,20,23). The summed E-state index contributed by atoms with van der Waals surface area (Å²) >= 11 is 0. The molecule has 0 spiro atoms. The normalized spacial score (nSPS) is 12.2. The van der Waals surface area contributed by atoms with Gasteiger partial charge in [-0.25, -0.2) is 0 Å². The minimum atomic E-state index is -0.427.